The molecule has 42 heavy (non-hydrogen) atoms. The average molecular weight is 655 g/mol. The lowest BCUT2D eigenvalue weighted by Gasteiger charge is -2.20. The van der Waals surface area contributed by atoms with Crippen molar-refractivity contribution in [3.8, 4) is 0 Å². The zero-order valence-corrected chi connectivity index (χ0v) is 29.9. The summed E-state index contributed by atoms with van der Waals surface area (Å²) < 4.78 is 11.0. The van der Waals surface area contributed by atoms with Crippen molar-refractivity contribution in [2.24, 2.45) is 0 Å². The number of nitrogens with zero attached hydrogens (tertiary/aromatic N) is 1. The first-order valence-corrected chi connectivity index (χ1v) is 16.3. The summed E-state index contributed by atoms with van der Waals surface area (Å²) in [6, 6.07) is 0. The van der Waals surface area contributed by atoms with Gasteiger partial charge in [-0.25, -0.2) is 0 Å². The lowest BCUT2D eigenvalue weighted by atomic mass is 10.1. The number of ether oxygens (including phenoxy) is 2. The molecule has 0 aromatic heterocycles. The van der Waals surface area contributed by atoms with Gasteiger partial charge in [0.2, 0.25) is 0 Å². The van der Waals surface area contributed by atoms with Gasteiger partial charge < -0.3 is 9.47 Å². The van der Waals surface area contributed by atoms with E-state index in [-0.39, 0.29) is 55.2 Å². The van der Waals surface area contributed by atoms with Crippen molar-refractivity contribution in [1.82, 2.24) is 4.90 Å². The Morgan fingerprint density at radius 3 is 1.33 bits per heavy atom. The number of esters is 2. The normalized spacial score (nSPS) is 11.6. The van der Waals surface area contributed by atoms with Crippen LogP contribution >= 0.6 is 17.0 Å². The minimum Gasteiger partial charge on any atom is -0.460 e. The van der Waals surface area contributed by atoms with E-state index < -0.39 is 0 Å². The van der Waals surface area contributed by atoms with E-state index in [9.17, 15) is 9.59 Å². The van der Waals surface area contributed by atoms with Crippen molar-refractivity contribution in [2.45, 2.75) is 138 Å². The topological polar surface area (TPSA) is 55.8 Å². The Bertz CT molecular complexity index is 764. The van der Waals surface area contributed by atoms with E-state index in [1.807, 2.05) is 17.1 Å². The van der Waals surface area contributed by atoms with Crippen LogP contribution in [0.1, 0.15) is 138 Å². The number of carbonyl (C=O) groups excluding carboxylic acids is 2. The molecule has 5 nitrogen and oxygen atoms in total. The fourth-order valence-corrected chi connectivity index (χ4v) is 4.43. The molecular weight excluding hydrogens is 590 g/mol. The van der Waals surface area contributed by atoms with Crippen molar-refractivity contribution in [2.75, 3.05) is 32.8 Å². The molecule has 0 saturated heterocycles. The van der Waals surface area contributed by atoms with Gasteiger partial charge >= 0.3 is 11.9 Å². The van der Waals surface area contributed by atoms with Gasteiger partial charge in [0.1, 0.15) is 13.2 Å². The Balaban J connectivity index is 0. The molecule has 0 aromatic rings. The number of halogens is 1. The summed E-state index contributed by atoms with van der Waals surface area (Å²) in [5.74, 6) is -0.596. The van der Waals surface area contributed by atoms with E-state index in [2.05, 4.69) is 60.6 Å². The minimum absolute atomic E-state index is 0. The third kappa shape index (κ3) is 29.8. The van der Waals surface area contributed by atoms with Crippen molar-refractivity contribution >= 4 is 28.9 Å². The highest BCUT2D eigenvalue weighted by Gasteiger charge is 2.16. The standard InChI is InChI=1S/C36H63NO4.BrH/c1-8-9-10-11-12-13-14-15-16-17-26-37(29-35(38)40-27-24-33(6)22-18-20-31(2)3)30-36(39)41-28-25-34(7)23-19-21-32(4)5;/h20-21,24-25H,8-19,22-23,26-30H2,1-7H3;1H. The predicted octanol–water partition coefficient (Wildman–Crippen LogP) is 10.3. The molecule has 0 bridgehead atoms. The molecule has 0 rings (SSSR count). The van der Waals surface area contributed by atoms with Crippen molar-refractivity contribution in [1.29, 1.82) is 0 Å². The molecule has 0 radical (unpaired) electrons. The third-order valence-electron chi connectivity index (χ3n) is 7.07. The lowest BCUT2D eigenvalue weighted by Crippen LogP contribution is -2.37. The largest absolute Gasteiger partial charge is 0.460 e. The molecule has 0 aliphatic rings. The van der Waals surface area contributed by atoms with Crippen LogP contribution in [0.3, 0.4) is 0 Å². The molecule has 0 aliphatic carbocycles. The molecule has 244 valence electrons. The number of hydrogen-bond donors (Lipinski definition) is 0. The van der Waals surface area contributed by atoms with Gasteiger partial charge in [-0.1, -0.05) is 99.2 Å². The zero-order valence-electron chi connectivity index (χ0n) is 28.2. The molecule has 0 amide bonds. The van der Waals surface area contributed by atoms with Gasteiger partial charge in [-0.3, -0.25) is 14.5 Å². The molecule has 0 saturated carbocycles. The van der Waals surface area contributed by atoms with E-state index in [1.54, 1.807) is 0 Å². The Labute approximate surface area is 270 Å². The molecule has 0 heterocycles. The van der Waals surface area contributed by atoms with Crippen LogP contribution in [0.25, 0.3) is 0 Å². The number of unbranched alkanes of at least 4 members (excludes halogenated alkanes) is 9. The SMILES string of the molecule is Br.CCCCCCCCCCCCN(CC(=O)OCC=C(C)CCC=C(C)C)CC(=O)OCC=C(C)CCC=C(C)C. The van der Waals surface area contributed by atoms with Gasteiger partial charge in [-0.15, -0.1) is 17.0 Å². The smallest absolute Gasteiger partial charge is 0.320 e. The first kappa shape index (κ1) is 42.5. The minimum atomic E-state index is -0.298. The van der Waals surface area contributed by atoms with Crippen LogP contribution in [0.5, 0.6) is 0 Å². The quantitative estimate of drug-likeness (QED) is 0.0557. The maximum atomic E-state index is 12.6. The third-order valence-corrected chi connectivity index (χ3v) is 7.07. The number of hydrogen-bond acceptors (Lipinski definition) is 5. The van der Waals surface area contributed by atoms with E-state index in [1.165, 1.54) is 73.7 Å². The van der Waals surface area contributed by atoms with Gasteiger partial charge in [0.15, 0.2) is 0 Å². The van der Waals surface area contributed by atoms with Crippen LogP contribution in [0.4, 0.5) is 0 Å². The van der Waals surface area contributed by atoms with Gasteiger partial charge in [-0.2, -0.15) is 0 Å². The van der Waals surface area contributed by atoms with E-state index in [4.69, 9.17) is 9.47 Å². The van der Waals surface area contributed by atoms with E-state index in [0.717, 1.165) is 38.5 Å². The summed E-state index contributed by atoms with van der Waals surface area (Å²) >= 11 is 0. The van der Waals surface area contributed by atoms with Crippen LogP contribution < -0.4 is 0 Å². The zero-order chi connectivity index (χ0) is 30.7. The summed E-state index contributed by atoms with van der Waals surface area (Å²) in [5.41, 5.74) is 5.06. The van der Waals surface area contributed by atoms with Gasteiger partial charge in [0.05, 0.1) is 13.1 Å². The highest BCUT2D eigenvalue weighted by Crippen LogP contribution is 2.12. The summed E-state index contributed by atoms with van der Waals surface area (Å²) in [6.07, 6.45) is 24.8. The van der Waals surface area contributed by atoms with Crippen LogP contribution in [0.15, 0.2) is 46.6 Å². The summed E-state index contributed by atoms with van der Waals surface area (Å²) in [5, 5.41) is 0. The van der Waals surface area contributed by atoms with Crippen molar-refractivity contribution in [3.05, 3.63) is 46.6 Å². The van der Waals surface area contributed by atoms with Gasteiger partial charge in [0.25, 0.3) is 0 Å². The van der Waals surface area contributed by atoms with Gasteiger partial charge in [-0.05, 0) is 92.3 Å². The number of carbonyl (C=O) groups is 2. The maximum absolute atomic E-state index is 12.6. The molecule has 0 fully saturated rings. The monoisotopic (exact) mass is 653 g/mol. The second-order valence-corrected chi connectivity index (χ2v) is 12.0. The summed E-state index contributed by atoms with van der Waals surface area (Å²) in [7, 11) is 0. The molecule has 0 atom stereocenters. The Hall–Kier alpha value is -1.66. The lowest BCUT2D eigenvalue weighted by molar-refractivity contribution is -0.147. The average Bonchev–Trinajstić information content (AvgIpc) is 2.89. The molecule has 0 aliphatic heterocycles. The molecular formula is C36H64BrNO4. The molecule has 0 spiro atoms. The summed E-state index contributed by atoms with van der Waals surface area (Å²) in [4.78, 5) is 27.1. The highest BCUT2D eigenvalue weighted by atomic mass is 79.9. The van der Waals surface area contributed by atoms with Crippen LogP contribution in [-0.2, 0) is 19.1 Å². The second kappa shape index (κ2) is 29.4. The molecule has 0 unspecified atom stereocenters. The fourth-order valence-electron chi connectivity index (χ4n) is 4.43. The second-order valence-electron chi connectivity index (χ2n) is 12.0. The summed E-state index contributed by atoms with van der Waals surface area (Å²) in [6.45, 7) is 16.2. The molecule has 6 heteroatoms. The van der Waals surface area contributed by atoms with E-state index in [0.29, 0.717) is 6.54 Å². The fraction of sp³-hybridized carbons (Fsp3) is 0.722. The highest BCUT2D eigenvalue weighted by molar-refractivity contribution is 8.93. The Morgan fingerprint density at radius 2 is 0.952 bits per heavy atom. The first-order chi connectivity index (χ1) is 19.6. The van der Waals surface area contributed by atoms with Crippen molar-refractivity contribution < 1.29 is 19.1 Å². The number of rotatable bonds is 25. The van der Waals surface area contributed by atoms with Crippen LogP contribution in [-0.4, -0.2) is 49.7 Å². The predicted molar refractivity (Wildman–Crippen MR) is 185 cm³/mol. The van der Waals surface area contributed by atoms with Crippen molar-refractivity contribution in [3.63, 3.8) is 0 Å². The number of allylic oxidation sites excluding steroid dienone is 6. The van der Waals surface area contributed by atoms with Gasteiger partial charge in [0, 0.05) is 0 Å². The Kier molecular flexibility index (Phi) is 29.7. The van der Waals surface area contributed by atoms with E-state index >= 15 is 0 Å². The Morgan fingerprint density at radius 1 is 0.571 bits per heavy atom. The van der Waals surface area contributed by atoms with Crippen LogP contribution in [0, 0.1) is 0 Å². The maximum Gasteiger partial charge on any atom is 0.320 e. The van der Waals surface area contributed by atoms with Crippen LogP contribution in [0.2, 0.25) is 0 Å². The molecule has 0 N–H and O–H groups in total. The molecule has 0 aromatic carbocycles. The first-order valence-electron chi connectivity index (χ1n) is 16.3.